The van der Waals surface area contributed by atoms with Crippen molar-refractivity contribution in [1.29, 1.82) is 0 Å². The van der Waals surface area contributed by atoms with Crippen molar-refractivity contribution in [2.24, 2.45) is 0 Å². The van der Waals surface area contributed by atoms with Crippen molar-refractivity contribution in [2.45, 2.75) is 31.7 Å². The Morgan fingerprint density at radius 2 is 1.77 bits per heavy atom. The Morgan fingerprint density at radius 3 is 2.33 bits per heavy atom. The van der Waals surface area contributed by atoms with Gasteiger partial charge in [0.05, 0.1) is 42.5 Å². The summed E-state index contributed by atoms with van der Waals surface area (Å²) in [7, 11) is -1.07. The fourth-order valence-electron chi connectivity index (χ4n) is 2.66. The molecule has 0 aliphatic heterocycles. The van der Waals surface area contributed by atoms with Crippen LogP contribution >= 0.6 is 11.6 Å². The van der Waals surface area contributed by atoms with Gasteiger partial charge in [-0.05, 0) is 44.5 Å². The normalized spacial score (nSPS) is 12.2. The number of carbonyl (C=O) groups excluding carboxylic acids is 1. The van der Waals surface area contributed by atoms with E-state index < -0.39 is 22.0 Å². The maximum Gasteiger partial charge on any atom is 0.242 e. The highest BCUT2D eigenvalue weighted by molar-refractivity contribution is 7.89. The average Bonchev–Trinajstić information content (AvgIpc) is 2.70. The van der Waals surface area contributed by atoms with E-state index in [4.69, 9.17) is 25.8 Å². The van der Waals surface area contributed by atoms with Crippen LogP contribution in [-0.2, 0) is 14.8 Å². The molecule has 0 spiro atoms. The summed E-state index contributed by atoms with van der Waals surface area (Å²) in [6, 6.07) is 6.43. The molecule has 0 saturated carbocycles. The van der Waals surface area contributed by atoms with Gasteiger partial charge in [-0.1, -0.05) is 11.6 Å². The minimum atomic E-state index is -3.93. The summed E-state index contributed by atoms with van der Waals surface area (Å²) in [5.74, 6) is 0.673. The lowest BCUT2D eigenvalue weighted by Gasteiger charge is -2.17. The van der Waals surface area contributed by atoms with Crippen molar-refractivity contribution in [3.63, 3.8) is 0 Å². The molecule has 1 atom stereocenters. The molecule has 30 heavy (non-hydrogen) atoms. The number of halogens is 1. The molecule has 2 N–H and O–H groups in total. The van der Waals surface area contributed by atoms with Gasteiger partial charge in [-0.25, -0.2) is 8.42 Å². The van der Waals surface area contributed by atoms with Crippen LogP contribution in [0, 0.1) is 6.92 Å². The summed E-state index contributed by atoms with van der Waals surface area (Å²) in [6.45, 7) is 5.51. The zero-order valence-corrected chi connectivity index (χ0v) is 19.0. The Morgan fingerprint density at radius 1 is 1.10 bits per heavy atom. The number of carbonyl (C=O) groups is 1. The van der Waals surface area contributed by atoms with Crippen molar-refractivity contribution >= 4 is 33.2 Å². The third-order valence-electron chi connectivity index (χ3n) is 4.21. The molecule has 0 heterocycles. The summed E-state index contributed by atoms with van der Waals surface area (Å²) in [6.07, 6.45) is 0. The van der Waals surface area contributed by atoms with Gasteiger partial charge in [-0.15, -0.1) is 0 Å². The summed E-state index contributed by atoms with van der Waals surface area (Å²) in [5, 5.41) is 2.94. The monoisotopic (exact) mass is 456 g/mol. The van der Waals surface area contributed by atoms with E-state index in [0.717, 1.165) is 0 Å². The maximum atomic E-state index is 12.7. The van der Waals surface area contributed by atoms with Gasteiger partial charge in [-0.2, -0.15) is 4.72 Å². The smallest absolute Gasteiger partial charge is 0.242 e. The number of hydrogen-bond acceptors (Lipinski definition) is 6. The highest BCUT2D eigenvalue weighted by Crippen LogP contribution is 2.36. The van der Waals surface area contributed by atoms with Crippen LogP contribution in [0.3, 0.4) is 0 Å². The predicted molar refractivity (Wildman–Crippen MR) is 115 cm³/mol. The van der Waals surface area contributed by atoms with Gasteiger partial charge < -0.3 is 19.5 Å². The predicted octanol–water partition coefficient (Wildman–Crippen LogP) is 3.37. The van der Waals surface area contributed by atoms with Gasteiger partial charge in [0.15, 0.2) is 0 Å². The van der Waals surface area contributed by atoms with Crippen LogP contribution in [0.2, 0.25) is 5.02 Å². The second kappa shape index (κ2) is 10.0. The number of aryl methyl sites for hydroxylation is 1. The third kappa shape index (κ3) is 5.56. The van der Waals surface area contributed by atoms with E-state index in [-0.39, 0.29) is 4.90 Å². The second-order valence-corrected chi connectivity index (χ2v) is 8.50. The molecule has 0 aliphatic carbocycles. The molecule has 0 fully saturated rings. The van der Waals surface area contributed by atoms with Gasteiger partial charge in [0, 0.05) is 12.1 Å². The number of hydrogen-bond donors (Lipinski definition) is 2. The molecular formula is C20H25ClN2O6S. The largest absolute Gasteiger partial charge is 0.495 e. The Hall–Kier alpha value is -2.49. The van der Waals surface area contributed by atoms with Crippen LogP contribution in [0.5, 0.6) is 17.2 Å². The van der Waals surface area contributed by atoms with Crippen molar-refractivity contribution in [3.8, 4) is 17.2 Å². The molecule has 0 bridgehead atoms. The molecule has 10 heteroatoms. The molecule has 8 nitrogen and oxygen atoms in total. The number of ether oxygens (including phenoxy) is 3. The van der Waals surface area contributed by atoms with Gasteiger partial charge in [0.25, 0.3) is 0 Å². The molecule has 164 valence electrons. The SMILES string of the molecule is CCOc1ccc(S(=O)(=O)N[C@@H](C)C(=O)Nc2cc(OC)c(Cl)cc2OC)cc1C. The van der Waals surface area contributed by atoms with Crippen LogP contribution in [-0.4, -0.2) is 41.2 Å². The lowest BCUT2D eigenvalue weighted by atomic mass is 10.2. The van der Waals surface area contributed by atoms with Crippen LogP contribution in [0.15, 0.2) is 35.2 Å². The number of sulfonamides is 1. The highest BCUT2D eigenvalue weighted by Gasteiger charge is 2.24. The quantitative estimate of drug-likeness (QED) is 0.599. The summed E-state index contributed by atoms with van der Waals surface area (Å²) in [5.41, 5.74) is 0.974. The maximum absolute atomic E-state index is 12.7. The lowest BCUT2D eigenvalue weighted by molar-refractivity contribution is -0.117. The first-order valence-corrected chi connectivity index (χ1v) is 11.0. The van der Waals surface area contributed by atoms with E-state index in [1.165, 1.54) is 45.4 Å². The first-order valence-electron chi connectivity index (χ1n) is 9.11. The van der Waals surface area contributed by atoms with Gasteiger partial charge in [0.2, 0.25) is 15.9 Å². The average molecular weight is 457 g/mol. The van der Waals surface area contributed by atoms with E-state index in [2.05, 4.69) is 10.0 Å². The number of benzene rings is 2. The van der Waals surface area contributed by atoms with Crippen LogP contribution in [0.4, 0.5) is 5.69 Å². The molecule has 0 aromatic heterocycles. The minimum absolute atomic E-state index is 0.0360. The van der Waals surface area contributed by atoms with Crippen molar-refractivity contribution in [2.75, 3.05) is 26.1 Å². The number of anilines is 1. The number of nitrogens with one attached hydrogen (secondary N) is 2. The minimum Gasteiger partial charge on any atom is -0.495 e. The van der Waals surface area contributed by atoms with E-state index in [0.29, 0.717) is 40.1 Å². The number of methoxy groups -OCH3 is 2. The Balaban J connectivity index is 2.18. The molecule has 2 aromatic carbocycles. The first-order chi connectivity index (χ1) is 14.1. The van der Waals surface area contributed by atoms with Gasteiger partial charge >= 0.3 is 0 Å². The van der Waals surface area contributed by atoms with Crippen LogP contribution in [0.1, 0.15) is 19.4 Å². The molecule has 0 unspecified atom stereocenters. The van der Waals surface area contributed by atoms with Gasteiger partial charge in [0.1, 0.15) is 17.2 Å². The zero-order chi connectivity index (χ0) is 22.5. The summed E-state index contributed by atoms with van der Waals surface area (Å²) >= 11 is 6.06. The van der Waals surface area contributed by atoms with Crippen molar-refractivity contribution in [1.82, 2.24) is 4.72 Å². The molecule has 1 amide bonds. The number of amides is 1. The third-order valence-corrected chi connectivity index (χ3v) is 6.05. The molecular weight excluding hydrogens is 432 g/mol. The Bertz CT molecular complexity index is 1030. The summed E-state index contributed by atoms with van der Waals surface area (Å²) in [4.78, 5) is 12.6. The first kappa shape index (κ1) is 23.8. The van der Waals surface area contributed by atoms with Crippen molar-refractivity contribution < 1.29 is 27.4 Å². The topological polar surface area (TPSA) is 103 Å². The molecule has 2 aromatic rings. The molecule has 0 aliphatic rings. The van der Waals surface area contributed by atoms with E-state index in [1.807, 2.05) is 6.92 Å². The fraction of sp³-hybridized carbons (Fsp3) is 0.350. The van der Waals surface area contributed by atoms with E-state index >= 15 is 0 Å². The highest BCUT2D eigenvalue weighted by atomic mass is 35.5. The molecule has 0 saturated heterocycles. The standard InChI is InChI=1S/C20H25ClN2O6S/c1-6-29-17-8-7-14(9-12(17)2)30(25,26)23-13(3)20(24)22-16-11-18(27-4)15(21)10-19(16)28-5/h7-11,13,23H,6H2,1-5H3,(H,22,24)/t13-/m0/s1. The van der Waals surface area contributed by atoms with E-state index in [9.17, 15) is 13.2 Å². The fourth-order valence-corrected chi connectivity index (χ4v) is 4.18. The Labute approximate surface area is 181 Å². The summed E-state index contributed by atoms with van der Waals surface area (Å²) < 4.78 is 43.5. The number of rotatable bonds is 9. The second-order valence-electron chi connectivity index (χ2n) is 6.38. The van der Waals surface area contributed by atoms with Gasteiger partial charge in [-0.3, -0.25) is 4.79 Å². The van der Waals surface area contributed by atoms with Crippen LogP contribution in [0.25, 0.3) is 0 Å². The zero-order valence-electron chi connectivity index (χ0n) is 17.4. The molecule has 0 radical (unpaired) electrons. The van der Waals surface area contributed by atoms with E-state index in [1.54, 1.807) is 13.0 Å². The molecule has 2 rings (SSSR count). The Kier molecular flexibility index (Phi) is 7.94. The lowest BCUT2D eigenvalue weighted by Crippen LogP contribution is -2.41. The van der Waals surface area contributed by atoms with Crippen LogP contribution < -0.4 is 24.2 Å². The van der Waals surface area contributed by atoms with Crippen molar-refractivity contribution in [3.05, 3.63) is 40.9 Å².